The summed E-state index contributed by atoms with van der Waals surface area (Å²) in [6.07, 6.45) is 4.81. The van der Waals surface area contributed by atoms with Crippen molar-refractivity contribution in [2.75, 3.05) is 0 Å². The summed E-state index contributed by atoms with van der Waals surface area (Å²) in [6, 6.07) is 8.49. The van der Waals surface area contributed by atoms with E-state index >= 15 is 0 Å². The molecule has 0 heterocycles. The molecule has 0 saturated heterocycles. The normalized spacial score (nSPS) is 28.2. The molecule has 1 aromatic rings. The van der Waals surface area contributed by atoms with E-state index in [1.54, 1.807) is 24.3 Å². The Morgan fingerprint density at radius 2 is 1.89 bits per heavy atom. The van der Waals surface area contributed by atoms with Crippen molar-refractivity contribution in [2.24, 2.45) is 11.7 Å². The Morgan fingerprint density at radius 1 is 1.21 bits per heavy atom. The van der Waals surface area contributed by atoms with Gasteiger partial charge in [-0.3, -0.25) is 0 Å². The molecule has 0 bridgehead atoms. The highest BCUT2D eigenvalue weighted by Crippen LogP contribution is 2.33. The summed E-state index contributed by atoms with van der Waals surface area (Å²) < 4.78 is 25.3. The topological polar surface area (TPSA) is 60.2 Å². The van der Waals surface area contributed by atoms with Gasteiger partial charge in [0.25, 0.3) is 0 Å². The largest absolute Gasteiger partial charge is 0.327 e. The predicted molar refractivity (Wildman–Crippen MR) is 77.6 cm³/mol. The molecule has 1 fully saturated rings. The van der Waals surface area contributed by atoms with Gasteiger partial charge < -0.3 is 5.73 Å². The van der Waals surface area contributed by atoms with Gasteiger partial charge in [0.2, 0.25) is 0 Å². The molecule has 3 nitrogen and oxygen atoms in total. The van der Waals surface area contributed by atoms with Crippen molar-refractivity contribution in [3.63, 3.8) is 0 Å². The first-order valence-corrected chi connectivity index (χ1v) is 8.65. The van der Waals surface area contributed by atoms with Crippen LogP contribution >= 0.6 is 0 Å². The second-order valence-electron chi connectivity index (χ2n) is 5.53. The fourth-order valence-electron chi connectivity index (χ4n) is 3.05. The minimum atomic E-state index is -3.29. The van der Waals surface area contributed by atoms with E-state index in [9.17, 15) is 8.42 Å². The van der Waals surface area contributed by atoms with E-state index in [1.165, 1.54) is 0 Å². The third-order valence-electron chi connectivity index (χ3n) is 4.12. The first-order valence-electron chi connectivity index (χ1n) is 7.10. The summed E-state index contributed by atoms with van der Waals surface area (Å²) in [5, 5.41) is -0.416. The zero-order valence-electron chi connectivity index (χ0n) is 11.5. The molecule has 3 unspecified atom stereocenters. The van der Waals surface area contributed by atoms with Gasteiger partial charge in [0.15, 0.2) is 9.84 Å². The first-order chi connectivity index (χ1) is 9.05. The monoisotopic (exact) mass is 281 g/mol. The lowest BCUT2D eigenvalue weighted by molar-refractivity contribution is 0.309. The Hall–Kier alpha value is -0.870. The molecule has 1 aromatic carbocycles. The Bertz CT molecular complexity index is 498. The molecule has 1 saturated carbocycles. The maximum absolute atomic E-state index is 12.7. The van der Waals surface area contributed by atoms with Gasteiger partial charge in [0.1, 0.15) is 0 Å². The van der Waals surface area contributed by atoms with Gasteiger partial charge in [-0.25, -0.2) is 8.42 Å². The maximum Gasteiger partial charge on any atom is 0.182 e. The third-order valence-corrected chi connectivity index (χ3v) is 6.39. The lowest BCUT2D eigenvalue weighted by Gasteiger charge is -2.33. The molecular weight excluding hydrogens is 258 g/mol. The third kappa shape index (κ3) is 3.18. The highest BCUT2D eigenvalue weighted by Gasteiger charge is 2.37. The van der Waals surface area contributed by atoms with Crippen LogP contribution in [0.4, 0.5) is 0 Å². The van der Waals surface area contributed by atoms with Crippen LogP contribution in [0.3, 0.4) is 0 Å². The van der Waals surface area contributed by atoms with Crippen molar-refractivity contribution < 1.29 is 8.42 Å². The van der Waals surface area contributed by atoms with E-state index in [1.807, 2.05) is 6.07 Å². The van der Waals surface area contributed by atoms with E-state index in [0.29, 0.717) is 17.2 Å². The lowest BCUT2D eigenvalue weighted by Crippen LogP contribution is -2.45. The van der Waals surface area contributed by atoms with Crippen LogP contribution in [0.25, 0.3) is 0 Å². The number of nitrogens with two attached hydrogens (primary N) is 1. The Balaban J connectivity index is 2.23. The molecule has 1 aliphatic carbocycles. The number of hydrogen-bond donors (Lipinski definition) is 1. The van der Waals surface area contributed by atoms with E-state index in [2.05, 4.69) is 6.92 Å². The van der Waals surface area contributed by atoms with E-state index in [0.717, 1.165) is 25.7 Å². The number of hydrogen-bond acceptors (Lipinski definition) is 3. The minimum Gasteiger partial charge on any atom is -0.327 e. The van der Waals surface area contributed by atoms with Gasteiger partial charge in [0, 0.05) is 6.04 Å². The number of sulfone groups is 1. The summed E-state index contributed by atoms with van der Waals surface area (Å²) in [4.78, 5) is 0.410. The van der Waals surface area contributed by atoms with Crippen LogP contribution < -0.4 is 5.73 Å². The lowest BCUT2D eigenvalue weighted by atomic mass is 9.83. The van der Waals surface area contributed by atoms with Crippen molar-refractivity contribution in [1.29, 1.82) is 0 Å². The molecule has 4 heteroatoms. The molecule has 19 heavy (non-hydrogen) atoms. The second kappa shape index (κ2) is 6.06. The van der Waals surface area contributed by atoms with Crippen LogP contribution in [0.1, 0.15) is 39.0 Å². The molecule has 0 amide bonds. The fourth-order valence-corrected chi connectivity index (χ4v) is 5.06. The average molecular weight is 281 g/mol. The van der Waals surface area contributed by atoms with E-state index < -0.39 is 15.1 Å². The van der Waals surface area contributed by atoms with Gasteiger partial charge in [0.05, 0.1) is 10.1 Å². The van der Waals surface area contributed by atoms with Gasteiger partial charge in [-0.15, -0.1) is 0 Å². The Labute approximate surface area is 116 Å². The summed E-state index contributed by atoms with van der Waals surface area (Å²) >= 11 is 0. The fraction of sp³-hybridized carbons (Fsp3) is 0.600. The van der Waals surface area contributed by atoms with Crippen LogP contribution in [0.5, 0.6) is 0 Å². The van der Waals surface area contributed by atoms with Gasteiger partial charge in [-0.05, 0) is 37.3 Å². The molecule has 0 aliphatic heterocycles. The molecular formula is C15H23NO2S. The highest BCUT2D eigenvalue weighted by molar-refractivity contribution is 7.92. The van der Waals surface area contributed by atoms with Crippen LogP contribution in [-0.4, -0.2) is 19.7 Å². The van der Waals surface area contributed by atoms with Crippen LogP contribution in [0.15, 0.2) is 35.2 Å². The molecule has 1 aliphatic rings. The minimum absolute atomic E-state index is 0.224. The quantitative estimate of drug-likeness (QED) is 0.923. The molecule has 3 atom stereocenters. The summed E-state index contributed by atoms with van der Waals surface area (Å²) in [6.45, 7) is 2.15. The first kappa shape index (κ1) is 14.5. The smallest absolute Gasteiger partial charge is 0.182 e. The van der Waals surface area contributed by atoms with Gasteiger partial charge in [-0.1, -0.05) is 38.0 Å². The van der Waals surface area contributed by atoms with Crippen LogP contribution in [0.2, 0.25) is 0 Å². The van der Waals surface area contributed by atoms with E-state index in [-0.39, 0.29) is 6.04 Å². The zero-order chi connectivity index (χ0) is 13.9. The van der Waals surface area contributed by atoms with E-state index in [4.69, 9.17) is 5.73 Å². The zero-order valence-corrected chi connectivity index (χ0v) is 12.3. The van der Waals surface area contributed by atoms with Crippen molar-refractivity contribution in [3.05, 3.63) is 30.3 Å². The summed E-state index contributed by atoms with van der Waals surface area (Å²) in [7, 11) is -3.29. The molecule has 0 radical (unpaired) electrons. The molecule has 2 rings (SSSR count). The molecule has 0 aromatic heterocycles. The maximum atomic E-state index is 12.7. The molecule has 106 valence electrons. The Morgan fingerprint density at radius 3 is 2.53 bits per heavy atom. The summed E-state index contributed by atoms with van der Waals surface area (Å²) in [5.41, 5.74) is 6.08. The Kier molecular flexibility index (Phi) is 4.63. The van der Waals surface area contributed by atoms with Crippen molar-refractivity contribution in [2.45, 2.75) is 55.2 Å². The summed E-state index contributed by atoms with van der Waals surface area (Å²) in [5.74, 6) is 0.508. The van der Waals surface area contributed by atoms with Crippen LogP contribution in [-0.2, 0) is 9.84 Å². The average Bonchev–Trinajstić information content (AvgIpc) is 2.42. The van der Waals surface area contributed by atoms with Crippen LogP contribution in [0, 0.1) is 5.92 Å². The second-order valence-corrected chi connectivity index (χ2v) is 7.70. The SMILES string of the molecule is CCCC1CCC(N)C(S(=O)(=O)c2ccccc2)C1. The highest BCUT2D eigenvalue weighted by atomic mass is 32.2. The van der Waals surface area contributed by atoms with Crippen molar-refractivity contribution in [1.82, 2.24) is 0 Å². The standard InChI is InChI=1S/C15H23NO2S/c1-2-6-12-9-10-14(16)15(11-12)19(17,18)13-7-4-3-5-8-13/h3-5,7-8,12,14-15H,2,6,9-11,16H2,1H3. The number of rotatable bonds is 4. The molecule has 0 spiro atoms. The van der Waals surface area contributed by atoms with Crippen molar-refractivity contribution >= 4 is 9.84 Å². The van der Waals surface area contributed by atoms with Gasteiger partial charge >= 0.3 is 0 Å². The van der Waals surface area contributed by atoms with Crippen molar-refractivity contribution in [3.8, 4) is 0 Å². The van der Waals surface area contributed by atoms with Gasteiger partial charge in [-0.2, -0.15) is 0 Å². The molecule has 2 N–H and O–H groups in total. The number of benzene rings is 1. The predicted octanol–water partition coefficient (Wildman–Crippen LogP) is 2.76.